The van der Waals surface area contributed by atoms with Crippen molar-refractivity contribution >= 4 is 10.8 Å². The number of hydrogen-bond donors (Lipinski definition) is 0. The van der Waals surface area contributed by atoms with Gasteiger partial charge in [-0.15, -0.1) is 29.7 Å². The zero-order valence-electron chi connectivity index (χ0n) is 9.18. The average Bonchev–Trinajstić information content (AvgIpc) is 2.92. The van der Waals surface area contributed by atoms with Crippen LogP contribution in [-0.4, -0.2) is 0 Å². The predicted molar refractivity (Wildman–Crippen MR) is 61.6 cm³/mol. The summed E-state index contributed by atoms with van der Waals surface area (Å²) in [6.45, 7) is 0. The van der Waals surface area contributed by atoms with Crippen molar-refractivity contribution in [2.45, 2.75) is 0 Å². The van der Waals surface area contributed by atoms with Crippen LogP contribution in [0, 0.1) is 0 Å². The first-order valence-corrected chi connectivity index (χ1v) is 4.74. The summed E-state index contributed by atoms with van der Waals surface area (Å²) < 4.78 is 0. The maximum Gasteiger partial charge on any atom is 4.00 e. The zero-order chi connectivity index (χ0) is 9.64. The molecule has 0 saturated carbocycles. The Hall–Kier alpha value is 0.0231. The summed E-state index contributed by atoms with van der Waals surface area (Å²) in [5, 5.41) is 2.66. The monoisotopic (exact) mass is 428 g/mol. The molecule has 17 heavy (non-hydrogen) atoms. The molecule has 3 aromatic rings. The second-order valence-electron chi connectivity index (χ2n) is 3.12. The molecule has 0 aliphatic heterocycles. The van der Waals surface area contributed by atoms with Gasteiger partial charge in [0.15, 0.2) is 0 Å². The molecule has 0 radical (unpaired) electrons. The summed E-state index contributed by atoms with van der Waals surface area (Å²) in [5.41, 5.74) is 0. The van der Waals surface area contributed by atoms with Crippen molar-refractivity contribution in [3.8, 4) is 0 Å². The van der Waals surface area contributed by atoms with Gasteiger partial charge in [-0.25, -0.2) is 12.1 Å². The Balaban J connectivity index is 0. The molecular weight excluding hydrogens is 419 g/mol. The molecular formula is C14H12Br2Zr. The predicted octanol–water partition coefficient (Wildman–Crippen LogP) is -2.03. The van der Waals surface area contributed by atoms with Crippen LogP contribution in [0.25, 0.3) is 10.8 Å². The van der Waals surface area contributed by atoms with E-state index in [4.69, 9.17) is 0 Å². The molecule has 0 saturated heterocycles. The van der Waals surface area contributed by atoms with E-state index in [0.29, 0.717) is 0 Å². The third-order valence-electron chi connectivity index (χ3n) is 2.10. The van der Waals surface area contributed by atoms with Crippen LogP contribution in [0.2, 0.25) is 0 Å². The van der Waals surface area contributed by atoms with E-state index >= 15 is 0 Å². The van der Waals surface area contributed by atoms with E-state index in [1.165, 1.54) is 10.8 Å². The van der Waals surface area contributed by atoms with Gasteiger partial charge in [-0.1, -0.05) is 6.07 Å². The largest absolute Gasteiger partial charge is 4.00 e. The molecule has 0 heterocycles. The van der Waals surface area contributed by atoms with E-state index in [-0.39, 0.29) is 60.2 Å². The van der Waals surface area contributed by atoms with Crippen LogP contribution >= 0.6 is 0 Å². The first kappa shape index (κ1) is 19.4. The van der Waals surface area contributed by atoms with E-state index in [1.807, 2.05) is 30.3 Å². The van der Waals surface area contributed by atoms with Crippen molar-refractivity contribution < 1.29 is 60.2 Å². The Labute approximate surface area is 142 Å². The van der Waals surface area contributed by atoms with Gasteiger partial charge in [-0.05, 0) is 0 Å². The van der Waals surface area contributed by atoms with E-state index in [1.54, 1.807) is 0 Å². The summed E-state index contributed by atoms with van der Waals surface area (Å²) >= 11 is 0. The van der Waals surface area contributed by atoms with Crippen molar-refractivity contribution in [1.29, 1.82) is 0 Å². The Kier molecular flexibility index (Phi) is 12.7. The standard InChI is InChI=1S/C9H7.C5H5.2BrH.Zr/c1-2-5-9-7-3-6-8(9)4-1;1-2-4-5-3-1;;;/h1-7H;1-5H;2*1H;/q2*-1;;;+4/p-2. The molecule has 3 heteroatoms. The minimum Gasteiger partial charge on any atom is -1.00 e. The molecule has 0 nitrogen and oxygen atoms in total. The molecule has 0 amide bonds. The topological polar surface area (TPSA) is 0 Å². The molecule has 0 atom stereocenters. The van der Waals surface area contributed by atoms with Gasteiger partial charge < -0.3 is 34.0 Å². The number of fused-ring (bicyclic) bond motifs is 1. The van der Waals surface area contributed by atoms with Gasteiger partial charge in [0.25, 0.3) is 0 Å². The second kappa shape index (κ2) is 11.1. The van der Waals surface area contributed by atoms with E-state index in [2.05, 4.69) is 42.5 Å². The molecule has 86 valence electrons. The minimum atomic E-state index is 0. The summed E-state index contributed by atoms with van der Waals surface area (Å²) in [7, 11) is 0. The van der Waals surface area contributed by atoms with Crippen LogP contribution in [0.3, 0.4) is 0 Å². The molecule has 0 spiro atoms. The van der Waals surface area contributed by atoms with Crippen LogP contribution in [0.1, 0.15) is 0 Å². The fourth-order valence-electron chi connectivity index (χ4n) is 1.39. The van der Waals surface area contributed by atoms with Gasteiger partial charge in [0, 0.05) is 0 Å². The van der Waals surface area contributed by atoms with Crippen LogP contribution in [-0.2, 0) is 26.2 Å². The number of benzene rings is 1. The van der Waals surface area contributed by atoms with Gasteiger partial charge >= 0.3 is 26.2 Å². The first-order valence-electron chi connectivity index (χ1n) is 4.74. The maximum absolute atomic E-state index is 2.12. The van der Waals surface area contributed by atoms with Crippen molar-refractivity contribution in [3.05, 3.63) is 72.8 Å². The van der Waals surface area contributed by atoms with Crippen LogP contribution in [0.5, 0.6) is 0 Å². The Morgan fingerprint density at radius 1 is 0.706 bits per heavy atom. The average molecular weight is 431 g/mol. The van der Waals surface area contributed by atoms with E-state index in [9.17, 15) is 0 Å². The molecule has 0 fully saturated rings. The molecule has 3 rings (SSSR count). The molecule has 0 bridgehead atoms. The smallest absolute Gasteiger partial charge is 1.00 e. The normalized spacial score (nSPS) is 7.76. The quantitative estimate of drug-likeness (QED) is 0.361. The molecule has 0 N–H and O–H groups in total. The van der Waals surface area contributed by atoms with Crippen molar-refractivity contribution in [1.82, 2.24) is 0 Å². The molecule has 0 unspecified atom stereocenters. The van der Waals surface area contributed by atoms with Crippen molar-refractivity contribution in [3.63, 3.8) is 0 Å². The van der Waals surface area contributed by atoms with Crippen molar-refractivity contribution in [2.24, 2.45) is 0 Å². The molecule has 0 aliphatic carbocycles. The molecule has 0 aliphatic rings. The Morgan fingerprint density at radius 2 is 1.35 bits per heavy atom. The van der Waals surface area contributed by atoms with Gasteiger partial charge in [-0.3, -0.25) is 0 Å². The summed E-state index contributed by atoms with van der Waals surface area (Å²) in [4.78, 5) is 0. The number of rotatable bonds is 0. The third-order valence-corrected chi connectivity index (χ3v) is 2.10. The Bertz CT molecular complexity index is 424. The van der Waals surface area contributed by atoms with Gasteiger partial charge in [0.1, 0.15) is 0 Å². The van der Waals surface area contributed by atoms with Crippen LogP contribution < -0.4 is 34.0 Å². The second-order valence-corrected chi connectivity index (χ2v) is 3.12. The minimum absolute atomic E-state index is 0. The fourth-order valence-corrected chi connectivity index (χ4v) is 1.39. The van der Waals surface area contributed by atoms with Crippen LogP contribution in [0.15, 0.2) is 72.8 Å². The molecule has 3 aromatic carbocycles. The summed E-state index contributed by atoms with van der Waals surface area (Å²) in [6, 6.07) is 24.7. The van der Waals surface area contributed by atoms with E-state index in [0.717, 1.165) is 0 Å². The van der Waals surface area contributed by atoms with E-state index < -0.39 is 0 Å². The maximum atomic E-state index is 2.12. The number of hydrogen-bond acceptors (Lipinski definition) is 0. The third kappa shape index (κ3) is 6.50. The summed E-state index contributed by atoms with van der Waals surface area (Å²) in [6.07, 6.45) is 0. The fraction of sp³-hybridized carbons (Fsp3) is 0. The SMILES string of the molecule is [Br-].[Br-].[Zr+4].c1cc[cH-]c1.c1ccc2[cH-]ccc2c1. The van der Waals surface area contributed by atoms with Crippen molar-refractivity contribution in [2.75, 3.05) is 0 Å². The summed E-state index contributed by atoms with van der Waals surface area (Å²) in [5.74, 6) is 0. The molecule has 0 aromatic heterocycles. The Morgan fingerprint density at radius 3 is 1.88 bits per heavy atom. The van der Waals surface area contributed by atoms with Gasteiger partial charge in [0.2, 0.25) is 0 Å². The van der Waals surface area contributed by atoms with Gasteiger partial charge in [-0.2, -0.15) is 35.7 Å². The van der Waals surface area contributed by atoms with Crippen LogP contribution in [0.4, 0.5) is 0 Å². The number of halogens is 2. The zero-order valence-corrected chi connectivity index (χ0v) is 14.8. The first-order chi connectivity index (χ1) is 6.97. The van der Waals surface area contributed by atoms with Gasteiger partial charge in [0.05, 0.1) is 0 Å².